The fraction of sp³-hybridized carbons (Fsp3) is 0.550. The van der Waals surface area contributed by atoms with Crippen LogP contribution in [0.3, 0.4) is 0 Å². The predicted octanol–water partition coefficient (Wildman–Crippen LogP) is 3.85. The number of nitrogens with zero attached hydrogens (tertiary/aromatic N) is 4. The SMILES string of the molecule is CN(CC1CCN(c2ncnc3ccc(F)cc23)CC1)C(=O)OC(C)(C)C. The van der Waals surface area contributed by atoms with Gasteiger partial charge < -0.3 is 14.5 Å². The lowest BCUT2D eigenvalue weighted by Gasteiger charge is -2.35. The van der Waals surface area contributed by atoms with Crippen LogP contribution < -0.4 is 4.90 Å². The predicted molar refractivity (Wildman–Crippen MR) is 103 cm³/mol. The smallest absolute Gasteiger partial charge is 0.410 e. The number of benzene rings is 1. The summed E-state index contributed by atoms with van der Waals surface area (Å²) >= 11 is 0. The van der Waals surface area contributed by atoms with Crippen molar-refractivity contribution in [2.75, 3.05) is 31.6 Å². The minimum atomic E-state index is -0.488. The molecule has 7 heteroatoms. The number of hydrogen-bond acceptors (Lipinski definition) is 5. The topological polar surface area (TPSA) is 58.6 Å². The maximum absolute atomic E-state index is 13.7. The van der Waals surface area contributed by atoms with E-state index in [4.69, 9.17) is 4.74 Å². The van der Waals surface area contributed by atoms with E-state index >= 15 is 0 Å². The zero-order valence-corrected chi connectivity index (χ0v) is 16.4. The van der Waals surface area contributed by atoms with Gasteiger partial charge in [0.15, 0.2) is 0 Å². The van der Waals surface area contributed by atoms with Gasteiger partial charge in [0.2, 0.25) is 0 Å². The largest absolute Gasteiger partial charge is 0.444 e. The van der Waals surface area contributed by atoms with Gasteiger partial charge in [0.25, 0.3) is 0 Å². The van der Waals surface area contributed by atoms with Crippen LogP contribution in [0.25, 0.3) is 10.9 Å². The van der Waals surface area contributed by atoms with E-state index in [-0.39, 0.29) is 11.9 Å². The second-order valence-corrected chi connectivity index (χ2v) is 8.15. The summed E-state index contributed by atoms with van der Waals surface area (Å²) in [7, 11) is 1.78. The van der Waals surface area contributed by atoms with E-state index in [1.54, 1.807) is 18.0 Å². The van der Waals surface area contributed by atoms with Gasteiger partial charge in [-0.2, -0.15) is 0 Å². The molecule has 1 fully saturated rings. The molecule has 0 aliphatic carbocycles. The number of aromatic nitrogens is 2. The molecule has 0 N–H and O–H groups in total. The van der Waals surface area contributed by atoms with Crippen molar-refractivity contribution in [2.24, 2.45) is 5.92 Å². The first kappa shape index (κ1) is 19.3. The first-order valence-electron chi connectivity index (χ1n) is 9.32. The van der Waals surface area contributed by atoms with Crippen molar-refractivity contribution in [3.8, 4) is 0 Å². The summed E-state index contributed by atoms with van der Waals surface area (Å²) in [5.41, 5.74) is 0.256. The van der Waals surface area contributed by atoms with E-state index < -0.39 is 5.60 Å². The Morgan fingerprint density at radius 1 is 1.30 bits per heavy atom. The molecule has 1 aliphatic rings. The van der Waals surface area contributed by atoms with E-state index in [2.05, 4.69) is 14.9 Å². The number of carbonyl (C=O) groups is 1. The van der Waals surface area contributed by atoms with Crippen molar-refractivity contribution in [2.45, 2.75) is 39.2 Å². The van der Waals surface area contributed by atoms with E-state index in [0.717, 1.165) is 42.7 Å². The van der Waals surface area contributed by atoms with Crippen LogP contribution in [0.1, 0.15) is 33.6 Å². The van der Waals surface area contributed by atoms with Gasteiger partial charge in [-0.3, -0.25) is 0 Å². The molecule has 146 valence electrons. The summed E-state index contributed by atoms with van der Waals surface area (Å²) in [5, 5.41) is 0.738. The van der Waals surface area contributed by atoms with Crippen LogP contribution in [0.2, 0.25) is 0 Å². The van der Waals surface area contributed by atoms with Crippen molar-refractivity contribution in [3.05, 3.63) is 30.3 Å². The quantitative estimate of drug-likeness (QED) is 0.817. The Balaban J connectivity index is 1.61. The normalized spacial score (nSPS) is 15.8. The molecular formula is C20H27FN4O2. The standard InChI is InChI=1S/C20H27FN4O2/c1-20(2,3)27-19(26)24(4)12-14-7-9-25(10-8-14)18-16-11-15(21)5-6-17(16)22-13-23-18/h5-6,11,13-14H,7-10,12H2,1-4H3. The molecule has 1 aromatic heterocycles. The highest BCUT2D eigenvalue weighted by Gasteiger charge is 2.26. The summed E-state index contributed by atoms with van der Waals surface area (Å²) in [6.45, 7) is 7.90. The molecule has 0 spiro atoms. The maximum atomic E-state index is 13.7. The second-order valence-electron chi connectivity index (χ2n) is 8.15. The Kier molecular flexibility index (Phi) is 5.48. The lowest BCUT2D eigenvalue weighted by atomic mass is 9.96. The molecule has 1 amide bonds. The van der Waals surface area contributed by atoms with E-state index in [0.29, 0.717) is 12.5 Å². The number of hydrogen-bond donors (Lipinski definition) is 0. The molecule has 3 rings (SSSR count). The highest BCUT2D eigenvalue weighted by molar-refractivity contribution is 5.89. The van der Waals surface area contributed by atoms with Crippen LogP contribution in [0.5, 0.6) is 0 Å². The van der Waals surface area contributed by atoms with Gasteiger partial charge in [-0.25, -0.2) is 19.2 Å². The summed E-state index contributed by atoms with van der Waals surface area (Å²) in [5.74, 6) is 0.898. The molecule has 0 atom stereocenters. The van der Waals surface area contributed by atoms with Crippen LogP contribution >= 0.6 is 0 Å². The van der Waals surface area contributed by atoms with Crippen LogP contribution in [-0.2, 0) is 4.74 Å². The Bertz CT molecular complexity index is 813. The Hall–Kier alpha value is -2.44. The van der Waals surface area contributed by atoms with Crippen molar-refractivity contribution >= 4 is 22.8 Å². The minimum absolute atomic E-state index is 0.285. The molecule has 27 heavy (non-hydrogen) atoms. The number of ether oxygens (including phenoxy) is 1. The molecule has 6 nitrogen and oxygen atoms in total. The molecule has 0 radical (unpaired) electrons. The molecule has 2 aromatic rings. The van der Waals surface area contributed by atoms with Crippen LogP contribution in [0.15, 0.2) is 24.5 Å². The van der Waals surface area contributed by atoms with Crippen molar-refractivity contribution in [1.29, 1.82) is 0 Å². The van der Waals surface area contributed by atoms with E-state index in [1.807, 2.05) is 20.8 Å². The molecule has 0 saturated carbocycles. The van der Waals surface area contributed by atoms with Gasteiger partial charge in [-0.1, -0.05) is 0 Å². The van der Waals surface area contributed by atoms with Gasteiger partial charge in [0.1, 0.15) is 23.6 Å². The zero-order chi connectivity index (χ0) is 19.6. The highest BCUT2D eigenvalue weighted by Crippen LogP contribution is 2.28. The first-order valence-corrected chi connectivity index (χ1v) is 9.32. The Morgan fingerprint density at radius 2 is 2.00 bits per heavy atom. The number of anilines is 1. The maximum Gasteiger partial charge on any atom is 0.410 e. The van der Waals surface area contributed by atoms with Crippen LogP contribution in [0, 0.1) is 11.7 Å². The lowest BCUT2D eigenvalue weighted by molar-refractivity contribution is 0.0266. The van der Waals surface area contributed by atoms with Crippen molar-refractivity contribution in [1.82, 2.24) is 14.9 Å². The van der Waals surface area contributed by atoms with Crippen LogP contribution in [0.4, 0.5) is 15.0 Å². The Labute approximate surface area is 159 Å². The number of rotatable bonds is 3. The zero-order valence-electron chi connectivity index (χ0n) is 16.4. The molecule has 1 aromatic carbocycles. The molecule has 2 heterocycles. The molecule has 0 bridgehead atoms. The van der Waals surface area contributed by atoms with Gasteiger partial charge in [0, 0.05) is 32.1 Å². The van der Waals surface area contributed by atoms with Crippen molar-refractivity contribution in [3.63, 3.8) is 0 Å². The third kappa shape index (κ3) is 4.84. The number of carbonyl (C=O) groups excluding carboxylic acids is 1. The average Bonchev–Trinajstić information content (AvgIpc) is 2.60. The number of amides is 1. The summed E-state index contributed by atoms with van der Waals surface area (Å²) in [4.78, 5) is 24.6. The lowest BCUT2D eigenvalue weighted by Crippen LogP contribution is -2.41. The van der Waals surface area contributed by atoms with Gasteiger partial charge in [-0.05, 0) is 57.7 Å². The third-order valence-electron chi connectivity index (χ3n) is 4.73. The molecule has 1 aliphatic heterocycles. The molecule has 1 saturated heterocycles. The van der Waals surface area contributed by atoms with E-state index in [9.17, 15) is 9.18 Å². The first-order chi connectivity index (χ1) is 12.7. The number of piperidine rings is 1. The van der Waals surface area contributed by atoms with Crippen LogP contribution in [-0.4, -0.2) is 53.2 Å². The average molecular weight is 374 g/mol. The highest BCUT2D eigenvalue weighted by atomic mass is 19.1. The minimum Gasteiger partial charge on any atom is -0.444 e. The molecular weight excluding hydrogens is 347 g/mol. The number of fused-ring (bicyclic) bond motifs is 1. The van der Waals surface area contributed by atoms with Gasteiger partial charge in [-0.15, -0.1) is 0 Å². The fourth-order valence-corrected chi connectivity index (χ4v) is 3.40. The number of halogens is 1. The molecule has 0 unspecified atom stereocenters. The van der Waals surface area contributed by atoms with Crippen molar-refractivity contribution < 1.29 is 13.9 Å². The summed E-state index contributed by atoms with van der Waals surface area (Å²) in [6.07, 6.45) is 3.11. The third-order valence-corrected chi connectivity index (χ3v) is 4.73. The van der Waals surface area contributed by atoms with E-state index in [1.165, 1.54) is 18.5 Å². The summed E-state index contributed by atoms with van der Waals surface area (Å²) < 4.78 is 19.1. The van der Waals surface area contributed by atoms with Gasteiger partial charge >= 0.3 is 6.09 Å². The second kappa shape index (κ2) is 7.66. The van der Waals surface area contributed by atoms with Gasteiger partial charge in [0.05, 0.1) is 5.52 Å². The summed E-state index contributed by atoms with van der Waals surface area (Å²) in [6, 6.07) is 4.59. The Morgan fingerprint density at radius 3 is 2.67 bits per heavy atom. The monoisotopic (exact) mass is 374 g/mol. The fourth-order valence-electron chi connectivity index (χ4n) is 3.40.